The van der Waals surface area contributed by atoms with Crippen LogP contribution < -0.4 is 11.4 Å². The molecule has 0 saturated carbocycles. The zero-order chi connectivity index (χ0) is 41.0. The van der Waals surface area contributed by atoms with E-state index in [1.807, 2.05) is 0 Å². The van der Waals surface area contributed by atoms with E-state index >= 15 is 0 Å². The van der Waals surface area contributed by atoms with E-state index in [4.69, 9.17) is 49.1 Å². The molecule has 57 heavy (non-hydrogen) atoms. The molecule has 0 spiro atoms. The maximum absolute atomic E-state index is 10.6. The summed E-state index contributed by atoms with van der Waals surface area (Å²) in [6.07, 6.45) is -5.36. The van der Waals surface area contributed by atoms with E-state index in [1.54, 1.807) is 82.2 Å². The highest BCUT2D eigenvalue weighted by atomic mass is 35.5. The van der Waals surface area contributed by atoms with Crippen LogP contribution in [0.3, 0.4) is 0 Å². The predicted molar refractivity (Wildman–Crippen MR) is 207 cm³/mol. The van der Waals surface area contributed by atoms with Crippen molar-refractivity contribution < 1.29 is 49.8 Å². The molecule has 0 unspecified atom stereocenters. The summed E-state index contributed by atoms with van der Waals surface area (Å²) in [5.74, 6) is 4.80. The van der Waals surface area contributed by atoms with Gasteiger partial charge in [0.2, 0.25) is 0 Å². The monoisotopic (exact) mass is 848 g/mol. The molecule has 2 aliphatic rings. The lowest BCUT2D eigenvalue weighted by Crippen LogP contribution is -2.34. The fourth-order valence-corrected chi connectivity index (χ4v) is 6.99. The number of nitrogens with one attached hydrogen (secondary N) is 1. The van der Waals surface area contributed by atoms with Crippen molar-refractivity contribution in [2.75, 3.05) is 19.7 Å². The minimum absolute atomic E-state index is 0.277. The van der Waals surface area contributed by atoms with Crippen molar-refractivity contribution in [1.82, 2.24) is 29.1 Å². The van der Waals surface area contributed by atoms with Gasteiger partial charge in [-0.3, -0.25) is 4.84 Å². The SMILES string of the molecule is CON.CONc1ncnc2c1ccn2[C@@H]1O[C@H]([C@H](O)c2ccc(Cl)cc2)[C@@H](O)[C@H]1O.O[C@@H]1[C@H](O)[C@@H]([C@H](O)c2ccc(Cl)cc2)O[C@H]1n1ccc2c(Cl)ncnc21. The number of aliphatic hydroxyl groups excluding tert-OH is 6. The number of benzene rings is 2. The number of rotatable bonds is 8. The molecule has 2 saturated heterocycles. The smallest absolute Gasteiger partial charge is 0.164 e. The van der Waals surface area contributed by atoms with E-state index in [0.29, 0.717) is 49.1 Å². The van der Waals surface area contributed by atoms with Crippen molar-refractivity contribution in [2.45, 2.75) is 61.3 Å². The molecule has 0 aliphatic carbocycles. The molecule has 304 valence electrons. The second kappa shape index (κ2) is 18.7. The molecule has 6 aromatic rings. The minimum Gasteiger partial charge on any atom is -0.387 e. The zero-order valence-electron chi connectivity index (χ0n) is 30.1. The maximum atomic E-state index is 10.6. The summed E-state index contributed by atoms with van der Waals surface area (Å²) in [4.78, 5) is 25.1. The summed E-state index contributed by atoms with van der Waals surface area (Å²) in [5, 5.41) is 65.7. The molecule has 6 heterocycles. The Morgan fingerprint density at radius 2 is 1.07 bits per heavy atom. The Hall–Kier alpha value is -4.09. The first-order valence-corrected chi connectivity index (χ1v) is 18.2. The summed E-state index contributed by atoms with van der Waals surface area (Å²) in [5.41, 5.74) is 4.64. The third kappa shape index (κ3) is 8.85. The Labute approximate surface area is 339 Å². The number of nitrogens with zero attached hydrogens (tertiary/aromatic N) is 6. The van der Waals surface area contributed by atoms with Crippen LogP contribution in [0.15, 0.2) is 85.7 Å². The summed E-state index contributed by atoms with van der Waals surface area (Å²) in [6.45, 7) is 0. The molecule has 2 aliphatic heterocycles. The standard InChI is InChI=1S/C18H19ClN4O5.C17H15Cl2N3O4.CH5NO/c1-27-22-16-11-6-7-23(17(11)21-8-20-16)18-14(26)13(25)15(28-18)12(24)9-2-4-10(19)5-3-9;18-9-3-1-8(2-4-9)11(23)14-12(24)13(25)17(26-14)22-6-5-10-15(19)20-7-21-16(10)22;1-3-2/h2-8,12-15,18,24-26H,1H3,(H,20,21,22);1-7,11-14,17,23-25H;2H2,1H3/t12-,13+,14-,15-,18-;11-,12+,13-,14-,17-;/m11./s1. The predicted octanol–water partition coefficient (Wildman–Crippen LogP) is 3.01. The van der Waals surface area contributed by atoms with Crippen LogP contribution in [0, 0.1) is 0 Å². The number of fused-ring (bicyclic) bond motifs is 2. The second-order valence-corrected chi connectivity index (χ2v) is 14.0. The van der Waals surface area contributed by atoms with Crippen LogP contribution in [0.4, 0.5) is 5.82 Å². The number of aromatic nitrogens is 6. The number of anilines is 1. The fourth-order valence-electron chi connectivity index (χ4n) is 6.55. The van der Waals surface area contributed by atoms with Crippen molar-refractivity contribution in [2.24, 2.45) is 5.90 Å². The normalized spacial score (nSPS) is 25.4. The lowest BCUT2D eigenvalue weighted by Gasteiger charge is -2.21. The Kier molecular flexibility index (Phi) is 13.9. The highest BCUT2D eigenvalue weighted by Gasteiger charge is 2.48. The van der Waals surface area contributed by atoms with E-state index in [-0.39, 0.29) is 5.15 Å². The topological polar surface area (TPSA) is 258 Å². The number of hydrogen-bond donors (Lipinski definition) is 8. The quantitative estimate of drug-likeness (QED) is 0.0809. The molecule has 21 heteroatoms. The van der Waals surface area contributed by atoms with Gasteiger partial charge in [0, 0.05) is 22.4 Å². The van der Waals surface area contributed by atoms with Crippen molar-refractivity contribution >= 4 is 62.7 Å². The fraction of sp³-hybridized carbons (Fsp3) is 0.333. The number of aliphatic hydroxyl groups is 6. The molecule has 9 N–H and O–H groups in total. The molecule has 2 fully saturated rings. The average molecular weight is 850 g/mol. The Morgan fingerprint density at radius 3 is 1.53 bits per heavy atom. The molecule has 0 radical (unpaired) electrons. The van der Waals surface area contributed by atoms with Gasteiger partial charge in [0.25, 0.3) is 0 Å². The van der Waals surface area contributed by atoms with Gasteiger partial charge in [-0.05, 0) is 47.5 Å². The molecular weight excluding hydrogens is 811 g/mol. The van der Waals surface area contributed by atoms with Crippen LogP contribution in [-0.4, -0.2) is 111 Å². The van der Waals surface area contributed by atoms with Crippen LogP contribution in [0.25, 0.3) is 22.1 Å². The van der Waals surface area contributed by atoms with Gasteiger partial charge in [-0.25, -0.2) is 31.3 Å². The Balaban J connectivity index is 0.000000181. The number of hydrogen-bond acceptors (Lipinski definition) is 16. The van der Waals surface area contributed by atoms with Gasteiger partial charge in [-0.15, -0.1) is 0 Å². The number of ether oxygens (including phenoxy) is 2. The Morgan fingerprint density at radius 1 is 0.649 bits per heavy atom. The van der Waals surface area contributed by atoms with Crippen LogP contribution in [0.2, 0.25) is 15.2 Å². The first kappa shape index (κ1) is 42.5. The molecule has 4 aromatic heterocycles. The van der Waals surface area contributed by atoms with E-state index in [9.17, 15) is 30.6 Å². The largest absolute Gasteiger partial charge is 0.387 e. The lowest BCUT2D eigenvalue weighted by atomic mass is 9.99. The van der Waals surface area contributed by atoms with Gasteiger partial charge >= 0.3 is 0 Å². The molecule has 10 atom stereocenters. The van der Waals surface area contributed by atoms with Crippen molar-refractivity contribution in [3.05, 3.63) is 112 Å². The summed E-state index contributed by atoms with van der Waals surface area (Å²) in [6, 6.07) is 16.5. The maximum Gasteiger partial charge on any atom is 0.164 e. The molecule has 18 nitrogen and oxygen atoms in total. The van der Waals surface area contributed by atoms with E-state index in [1.165, 1.54) is 26.9 Å². The van der Waals surface area contributed by atoms with Crippen LogP contribution in [0.1, 0.15) is 35.8 Å². The van der Waals surface area contributed by atoms with Crippen LogP contribution in [-0.2, 0) is 19.1 Å². The van der Waals surface area contributed by atoms with Gasteiger partial charge in [0.1, 0.15) is 77.9 Å². The van der Waals surface area contributed by atoms with Crippen molar-refractivity contribution in [3.8, 4) is 0 Å². The number of halogens is 3. The van der Waals surface area contributed by atoms with Gasteiger partial charge in [0.05, 0.1) is 25.0 Å². The van der Waals surface area contributed by atoms with Gasteiger partial charge < -0.3 is 54.1 Å². The molecule has 2 aromatic carbocycles. The van der Waals surface area contributed by atoms with Gasteiger partial charge in [-0.2, -0.15) is 0 Å². The summed E-state index contributed by atoms with van der Waals surface area (Å²) in [7, 11) is 2.87. The van der Waals surface area contributed by atoms with Crippen LogP contribution in [0.5, 0.6) is 0 Å². The highest BCUT2D eigenvalue weighted by Crippen LogP contribution is 2.39. The lowest BCUT2D eigenvalue weighted by molar-refractivity contribution is -0.0848. The van der Waals surface area contributed by atoms with E-state index in [2.05, 4.69) is 36.2 Å². The molecule has 8 rings (SSSR count). The third-order valence-electron chi connectivity index (χ3n) is 9.31. The zero-order valence-corrected chi connectivity index (χ0v) is 32.3. The van der Waals surface area contributed by atoms with Crippen molar-refractivity contribution in [3.63, 3.8) is 0 Å². The molecule has 0 amide bonds. The first-order chi connectivity index (χ1) is 27.4. The number of nitrogens with two attached hydrogens (primary N) is 1. The minimum atomic E-state index is -1.30. The van der Waals surface area contributed by atoms with Crippen LogP contribution >= 0.6 is 34.8 Å². The highest BCUT2D eigenvalue weighted by molar-refractivity contribution is 6.34. The van der Waals surface area contributed by atoms with Crippen molar-refractivity contribution in [1.29, 1.82) is 0 Å². The average Bonchev–Trinajstić information content (AvgIpc) is 3.97. The first-order valence-electron chi connectivity index (χ1n) is 17.1. The van der Waals surface area contributed by atoms with Gasteiger partial charge in [0.15, 0.2) is 18.3 Å². The van der Waals surface area contributed by atoms with Gasteiger partial charge in [-0.1, -0.05) is 59.1 Å². The summed E-state index contributed by atoms with van der Waals surface area (Å²) < 4.78 is 14.8. The third-order valence-corrected chi connectivity index (χ3v) is 10.1. The van der Waals surface area contributed by atoms with E-state index < -0.39 is 61.3 Å². The molecular formula is C36H39Cl3N8O10. The summed E-state index contributed by atoms with van der Waals surface area (Å²) >= 11 is 17.8. The van der Waals surface area contributed by atoms with E-state index in [0.717, 1.165) is 0 Å². The Bertz CT molecular complexity index is 2230. The molecule has 0 bridgehead atoms. The second-order valence-electron chi connectivity index (χ2n) is 12.8.